The number of aryl methyl sites for hydroxylation is 2. The van der Waals surface area contributed by atoms with Crippen LogP contribution in [0.15, 0.2) is 0 Å². The van der Waals surface area contributed by atoms with Crippen molar-refractivity contribution in [3.8, 4) is 0 Å². The van der Waals surface area contributed by atoms with Crippen LogP contribution in [0, 0.1) is 25.7 Å². The van der Waals surface area contributed by atoms with Crippen LogP contribution in [0.4, 0.5) is 0 Å². The monoisotopic (exact) mass is 238 g/mol. The lowest BCUT2D eigenvalue weighted by Crippen LogP contribution is -2.20. The second-order valence-corrected chi connectivity index (χ2v) is 6.44. The van der Waals surface area contributed by atoms with E-state index in [1.165, 1.54) is 41.4 Å². The molecule has 0 aromatic carbocycles. The summed E-state index contributed by atoms with van der Waals surface area (Å²) >= 11 is 1.82. The number of rotatable bonds is 4. The van der Waals surface area contributed by atoms with Crippen molar-refractivity contribution >= 4 is 11.3 Å². The van der Waals surface area contributed by atoms with Crippen LogP contribution < -0.4 is 5.32 Å². The fraction of sp³-hybridized carbons (Fsp3) is 0.769. The van der Waals surface area contributed by atoms with Gasteiger partial charge in [-0.05, 0) is 45.1 Å². The van der Waals surface area contributed by atoms with Gasteiger partial charge in [-0.25, -0.2) is 4.98 Å². The Balaban J connectivity index is 1.74. The molecule has 1 aliphatic carbocycles. The molecule has 1 fully saturated rings. The van der Waals surface area contributed by atoms with Gasteiger partial charge in [0.1, 0.15) is 0 Å². The van der Waals surface area contributed by atoms with Crippen molar-refractivity contribution in [1.29, 1.82) is 0 Å². The van der Waals surface area contributed by atoms with E-state index in [4.69, 9.17) is 0 Å². The average Bonchev–Trinajstić information content (AvgIpc) is 2.74. The zero-order valence-electron chi connectivity index (χ0n) is 10.5. The number of aromatic nitrogens is 1. The largest absolute Gasteiger partial charge is 0.312 e. The zero-order valence-corrected chi connectivity index (χ0v) is 11.4. The number of hydrogen-bond acceptors (Lipinski definition) is 3. The van der Waals surface area contributed by atoms with E-state index in [0.29, 0.717) is 0 Å². The first-order valence-corrected chi connectivity index (χ1v) is 7.10. The fourth-order valence-electron chi connectivity index (χ4n) is 2.64. The third-order valence-corrected chi connectivity index (χ3v) is 4.59. The van der Waals surface area contributed by atoms with Crippen molar-refractivity contribution < 1.29 is 0 Å². The molecule has 0 aliphatic heterocycles. The minimum absolute atomic E-state index is 0.907. The highest BCUT2D eigenvalue weighted by Crippen LogP contribution is 2.29. The Bertz CT molecular complexity index is 346. The minimum atomic E-state index is 0.907. The molecular weight excluding hydrogens is 216 g/mol. The average molecular weight is 238 g/mol. The molecule has 1 aromatic heterocycles. The molecule has 1 heterocycles. The van der Waals surface area contributed by atoms with Crippen molar-refractivity contribution in [1.82, 2.24) is 10.3 Å². The summed E-state index contributed by atoms with van der Waals surface area (Å²) in [4.78, 5) is 5.86. The molecule has 0 amide bonds. The molecule has 0 bridgehead atoms. The SMILES string of the molecule is Cc1nc(C)c(CNCC2CCC(C)C2)s1. The van der Waals surface area contributed by atoms with Crippen LogP contribution in [0.5, 0.6) is 0 Å². The number of nitrogens with one attached hydrogen (secondary N) is 1. The molecular formula is C13H22N2S. The molecule has 0 radical (unpaired) electrons. The first-order valence-electron chi connectivity index (χ1n) is 6.28. The van der Waals surface area contributed by atoms with Crippen LogP contribution in [0.3, 0.4) is 0 Å². The van der Waals surface area contributed by atoms with Gasteiger partial charge in [0.25, 0.3) is 0 Å². The maximum atomic E-state index is 4.45. The van der Waals surface area contributed by atoms with Gasteiger partial charge in [-0.1, -0.05) is 13.3 Å². The standard InChI is InChI=1S/C13H22N2S/c1-9-4-5-12(6-9)7-14-8-13-10(2)15-11(3)16-13/h9,12,14H,4-8H2,1-3H3. The van der Waals surface area contributed by atoms with Gasteiger partial charge in [-0.3, -0.25) is 0 Å². The van der Waals surface area contributed by atoms with Gasteiger partial charge in [-0.15, -0.1) is 11.3 Å². The maximum Gasteiger partial charge on any atom is 0.0900 e. The van der Waals surface area contributed by atoms with Crippen molar-refractivity contribution in [2.24, 2.45) is 11.8 Å². The molecule has 1 aliphatic rings. The normalized spacial score (nSPS) is 25.2. The molecule has 2 unspecified atom stereocenters. The predicted octanol–water partition coefficient (Wildman–Crippen LogP) is 3.29. The van der Waals surface area contributed by atoms with Gasteiger partial charge in [0.05, 0.1) is 10.7 Å². The molecule has 0 spiro atoms. The lowest BCUT2D eigenvalue weighted by molar-refractivity contribution is 0.471. The first-order chi connectivity index (χ1) is 7.65. The highest BCUT2D eigenvalue weighted by atomic mass is 32.1. The lowest BCUT2D eigenvalue weighted by Gasteiger charge is -2.10. The second-order valence-electron chi connectivity index (χ2n) is 5.16. The molecule has 2 atom stereocenters. The molecule has 3 heteroatoms. The van der Waals surface area contributed by atoms with Crippen LogP contribution in [0.2, 0.25) is 0 Å². The third-order valence-electron chi connectivity index (χ3n) is 3.52. The molecule has 1 N–H and O–H groups in total. The summed E-state index contributed by atoms with van der Waals surface area (Å²) in [5.41, 5.74) is 1.20. The highest BCUT2D eigenvalue weighted by molar-refractivity contribution is 7.11. The summed E-state index contributed by atoms with van der Waals surface area (Å²) in [6.07, 6.45) is 4.24. The smallest absolute Gasteiger partial charge is 0.0900 e. The van der Waals surface area contributed by atoms with E-state index in [2.05, 4.69) is 31.1 Å². The number of thiazole rings is 1. The summed E-state index contributed by atoms with van der Waals surface area (Å²) < 4.78 is 0. The van der Waals surface area contributed by atoms with E-state index in [0.717, 1.165) is 18.4 Å². The van der Waals surface area contributed by atoms with Crippen LogP contribution in [-0.4, -0.2) is 11.5 Å². The van der Waals surface area contributed by atoms with E-state index in [1.54, 1.807) is 0 Å². The summed E-state index contributed by atoms with van der Waals surface area (Å²) in [6, 6.07) is 0. The van der Waals surface area contributed by atoms with Gasteiger partial charge in [0.15, 0.2) is 0 Å². The maximum absolute atomic E-state index is 4.45. The van der Waals surface area contributed by atoms with Crippen molar-refractivity contribution in [3.05, 3.63) is 15.6 Å². The Morgan fingerprint density at radius 1 is 1.38 bits per heavy atom. The summed E-state index contributed by atoms with van der Waals surface area (Å²) in [5.74, 6) is 1.85. The molecule has 2 nitrogen and oxygen atoms in total. The van der Waals surface area contributed by atoms with E-state index >= 15 is 0 Å². The van der Waals surface area contributed by atoms with E-state index in [9.17, 15) is 0 Å². The number of hydrogen-bond donors (Lipinski definition) is 1. The number of nitrogens with zero attached hydrogens (tertiary/aromatic N) is 1. The lowest BCUT2D eigenvalue weighted by atomic mass is 10.1. The molecule has 1 aromatic rings. The topological polar surface area (TPSA) is 24.9 Å². The van der Waals surface area contributed by atoms with Crippen LogP contribution in [0.1, 0.15) is 41.8 Å². The first kappa shape index (κ1) is 12.1. The van der Waals surface area contributed by atoms with E-state index in [1.807, 2.05) is 11.3 Å². The van der Waals surface area contributed by atoms with Crippen LogP contribution in [0.25, 0.3) is 0 Å². The third kappa shape index (κ3) is 3.05. The quantitative estimate of drug-likeness (QED) is 0.870. The van der Waals surface area contributed by atoms with Gasteiger partial charge in [-0.2, -0.15) is 0 Å². The predicted molar refractivity (Wildman–Crippen MR) is 69.8 cm³/mol. The van der Waals surface area contributed by atoms with E-state index in [-0.39, 0.29) is 0 Å². The van der Waals surface area contributed by atoms with Gasteiger partial charge < -0.3 is 5.32 Å². The van der Waals surface area contributed by atoms with E-state index < -0.39 is 0 Å². The Morgan fingerprint density at radius 2 is 2.19 bits per heavy atom. The van der Waals surface area contributed by atoms with Gasteiger partial charge >= 0.3 is 0 Å². The molecule has 16 heavy (non-hydrogen) atoms. The Morgan fingerprint density at radius 3 is 2.75 bits per heavy atom. The molecule has 2 rings (SSSR count). The van der Waals surface area contributed by atoms with Crippen molar-refractivity contribution in [2.75, 3.05) is 6.54 Å². The van der Waals surface area contributed by atoms with Crippen LogP contribution >= 0.6 is 11.3 Å². The van der Waals surface area contributed by atoms with Crippen molar-refractivity contribution in [3.63, 3.8) is 0 Å². The summed E-state index contributed by atoms with van der Waals surface area (Å²) in [5, 5.41) is 4.77. The summed E-state index contributed by atoms with van der Waals surface area (Å²) in [6.45, 7) is 8.75. The second kappa shape index (κ2) is 5.28. The molecule has 1 saturated carbocycles. The van der Waals surface area contributed by atoms with Crippen LogP contribution in [-0.2, 0) is 6.54 Å². The van der Waals surface area contributed by atoms with Crippen molar-refractivity contribution in [2.45, 2.75) is 46.6 Å². The minimum Gasteiger partial charge on any atom is -0.312 e. The van der Waals surface area contributed by atoms with Gasteiger partial charge in [0.2, 0.25) is 0 Å². The Hall–Kier alpha value is -0.410. The summed E-state index contributed by atoms with van der Waals surface area (Å²) in [7, 11) is 0. The molecule has 0 saturated heterocycles. The Labute approximate surface area is 102 Å². The zero-order chi connectivity index (χ0) is 11.5. The van der Waals surface area contributed by atoms with Gasteiger partial charge in [0, 0.05) is 11.4 Å². The highest BCUT2D eigenvalue weighted by Gasteiger charge is 2.20. The molecule has 90 valence electrons. The fourth-order valence-corrected chi connectivity index (χ4v) is 3.54. The Kier molecular flexibility index (Phi) is 3.98.